The fourth-order valence-corrected chi connectivity index (χ4v) is 1.69. The highest BCUT2D eigenvalue weighted by atomic mass is 16.5. The number of ether oxygens (including phenoxy) is 3. The van der Waals surface area contributed by atoms with Gasteiger partial charge in [0.05, 0.1) is 20.3 Å². The van der Waals surface area contributed by atoms with Gasteiger partial charge in [-0.2, -0.15) is 0 Å². The number of nitrogens with one attached hydrogen (secondary N) is 1. The zero-order chi connectivity index (χ0) is 14.3. The topological polar surface area (TPSA) is 56.8 Å². The van der Waals surface area contributed by atoms with Gasteiger partial charge in [-0.05, 0) is 32.0 Å². The summed E-state index contributed by atoms with van der Waals surface area (Å²) in [4.78, 5) is 12.0. The molecule has 0 fully saturated rings. The van der Waals surface area contributed by atoms with Gasteiger partial charge in [0.25, 0.3) is 5.91 Å². The van der Waals surface area contributed by atoms with Gasteiger partial charge in [-0.3, -0.25) is 4.79 Å². The van der Waals surface area contributed by atoms with Crippen molar-refractivity contribution in [2.45, 2.75) is 19.9 Å². The standard InChI is InChI=1S/C14H21NO4/c1-5-19-13-8-11(6-7-12(13)18-4)14(16)15-10(2)9-17-3/h6-8,10H,5,9H2,1-4H3,(H,15,16). The second-order valence-electron chi connectivity index (χ2n) is 4.13. The van der Waals surface area contributed by atoms with Crippen molar-refractivity contribution in [3.8, 4) is 11.5 Å². The fraction of sp³-hybridized carbons (Fsp3) is 0.500. The van der Waals surface area contributed by atoms with Crippen LogP contribution < -0.4 is 14.8 Å². The Hall–Kier alpha value is -1.75. The molecule has 106 valence electrons. The molecule has 0 aliphatic carbocycles. The largest absolute Gasteiger partial charge is 0.493 e. The molecule has 1 atom stereocenters. The minimum Gasteiger partial charge on any atom is -0.493 e. The first-order valence-corrected chi connectivity index (χ1v) is 6.23. The zero-order valence-electron chi connectivity index (χ0n) is 11.9. The normalized spacial score (nSPS) is 11.8. The average Bonchev–Trinajstić information content (AvgIpc) is 2.39. The van der Waals surface area contributed by atoms with Gasteiger partial charge in [0, 0.05) is 18.7 Å². The third kappa shape index (κ3) is 4.44. The molecular weight excluding hydrogens is 246 g/mol. The molecule has 0 bridgehead atoms. The molecule has 0 spiro atoms. The maximum absolute atomic E-state index is 12.0. The van der Waals surface area contributed by atoms with E-state index in [-0.39, 0.29) is 11.9 Å². The van der Waals surface area contributed by atoms with E-state index in [9.17, 15) is 4.79 Å². The van der Waals surface area contributed by atoms with E-state index in [2.05, 4.69) is 5.32 Å². The van der Waals surface area contributed by atoms with E-state index < -0.39 is 0 Å². The molecule has 0 aromatic heterocycles. The molecular formula is C14H21NO4. The number of amides is 1. The van der Waals surface area contributed by atoms with Gasteiger partial charge in [0.1, 0.15) is 0 Å². The van der Waals surface area contributed by atoms with Crippen molar-refractivity contribution >= 4 is 5.91 Å². The Morgan fingerprint density at radius 3 is 2.63 bits per heavy atom. The van der Waals surface area contributed by atoms with Crippen LogP contribution in [0.25, 0.3) is 0 Å². The fourth-order valence-electron chi connectivity index (χ4n) is 1.69. The molecule has 1 rings (SSSR count). The lowest BCUT2D eigenvalue weighted by Crippen LogP contribution is -2.35. The van der Waals surface area contributed by atoms with Crippen molar-refractivity contribution in [2.75, 3.05) is 27.4 Å². The Kier molecular flexibility index (Phi) is 6.15. The summed E-state index contributed by atoms with van der Waals surface area (Å²) < 4.78 is 15.6. The number of carbonyl (C=O) groups excluding carboxylic acids is 1. The van der Waals surface area contributed by atoms with E-state index >= 15 is 0 Å². The minimum atomic E-state index is -0.159. The Morgan fingerprint density at radius 1 is 1.32 bits per heavy atom. The molecule has 19 heavy (non-hydrogen) atoms. The second-order valence-corrected chi connectivity index (χ2v) is 4.13. The molecule has 0 saturated heterocycles. The van der Waals surface area contributed by atoms with Crippen molar-refractivity contribution in [1.82, 2.24) is 5.32 Å². The van der Waals surface area contributed by atoms with Crippen LogP contribution in [0.15, 0.2) is 18.2 Å². The Balaban J connectivity index is 2.82. The van der Waals surface area contributed by atoms with E-state index in [0.717, 1.165) is 0 Å². The Morgan fingerprint density at radius 2 is 2.05 bits per heavy atom. The van der Waals surface area contributed by atoms with Crippen molar-refractivity contribution < 1.29 is 19.0 Å². The van der Waals surface area contributed by atoms with Crippen molar-refractivity contribution in [2.24, 2.45) is 0 Å². The summed E-state index contributed by atoms with van der Waals surface area (Å²) in [5.41, 5.74) is 0.534. The summed E-state index contributed by atoms with van der Waals surface area (Å²) in [6.07, 6.45) is 0. The lowest BCUT2D eigenvalue weighted by atomic mass is 10.1. The minimum absolute atomic E-state index is 0.0462. The van der Waals surface area contributed by atoms with Crippen LogP contribution in [0.2, 0.25) is 0 Å². The summed E-state index contributed by atoms with van der Waals surface area (Å²) in [6, 6.07) is 5.06. The van der Waals surface area contributed by atoms with E-state index in [1.807, 2.05) is 13.8 Å². The van der Waals surface area contributed by atoms with Crippen LogP contribution in [0, 0.1) is 0 Å². The number of hydrogen-bond acceptors (Lipinski definition) is 4. The zero-order valence-corrected chi connectivity index (χ0v) is 11.9. The van der Waals surface area contributed by atoms with Crippen LogP contribution in [0.5, 0.6) is 11.5 Å². The number of hydrogen-bond donors (Lipinski definition) is 1. The van der Waals surface area contributed by atoms with Gasteiger partial charge >= 0.3 is 0 Å². The molecule has 0 saturated carbocycles. The first kappa shape index (κ1) is 15.3. The molecule has 1 amide bonds. The van der Waals surface area contributed by atoms with Gasteiger partial charge in [0.15, 0.2) is 11.5 Å². The predicted molar refractivity (Wildman–Crippen MR) is 73.0 cm³/mol. The summed E-state index contributed by atoms with van der Waals surface area (Å²) in [6.45, 7) is 4.75. The lowest BCUT2D eigenvalue weighted by molar-refractivity contribution is 0.0905. The van der Waals surface area contributed by atoms with Gasteiger partial charge in [0.2, 0.25) is 0 Å². The Bertz CT molecular complexity index is 420. The van der Waals surface area contributed by atoms with E-state index in [4.69, 9.17) is 14.2 Å². The summed E-state index contributed by atoms with van der Waals surface area (Å²) in [5, 5.41) is 2.84. The third-order valence-corrected chi connectivity index (χ3v) is 2.52. The molecule has 1 aromatic rings. The van der Waals surface area contributed by atoms with Crippen LogP contribution in [0.1, 0.15) is 24.2 Å². The highest BCUT2D eigenvalue weighted by molar-refractivity contribution is 5.95. The molecule has 0 heterocycles. The molecule has 1 N–H and O–H groups in total. The van der Waals surface area contributed by atoms with Crippen LogP contribution in [0.3, 0.4) is 0 Å². The van der Waals surface area contributed by atoms with E-state index in [0.29, 0.717) is 30.3 Å². The highest BCUT2D eigenvalue weighted by Crippen LogP contribution is 2.27. The average molecular weight is 267 g/mol. The van der Waals surface area contributed by atoms with Gasteiger partial charge < -0.3 is 19.5 Å². The first-order valence-electron chi connectivity index (χ1n) is 6.23. The maximum Gasteiger partial charge on any atom is 0.251 e. The predicted octanol–water partition coefficient (Wildman–Crippen LogP) is 1.86. The van der Waals surface area contributed by atoms with E-state index in [1.165, 1.54) is 0 Å². The molecule has 0 aliphatic heterocycles. The second kappa shape index (κ2) is 7.63. The van der Waals surface area contributed by atoms with Crippen LogP contribution in [-0.4, -0.2) is 39.4 Å². The third-order valence-electron chi connectivity index (χ3n) is 2.52. The first-order chi connectivity index (χ1) is 9.12. The molecule has 1 unspecified atom stereocenters. The summed E-state index contributed by atoms with van der Waals surface area (Å²) >= 11 is 0. The van der Waals surface area contributed by atoms with Crippen LogP contribution in [-0.2, 0) is 4.74 Å². The Labute approximate surface area is 113 Å². The number of methoxy groups -OCH3 is 2. The molecule has 5 heteroatoms. The smallest absolute Gasteiger partial charge is 0.251 e. The molecule has 5 nitrogen and oxygen atoms in total. The number of rotatable bonds is 7. The van der Waals surface area contributed by atoms with Gasteiger partial charge in [-0.25, -0.2) is 0 Å². The lowest BCUT2D eigenvalue weighted by Gasteiger charge is -2.14. The molecule has 1 aromatic carbocycles. The van der Waals surface area contributed by atoms with Crippen LogP contribution >= 0.6 is 0 Å². The molecule has 0 radical (unpaired) electrons. The van der Waals surface area contributed by atoms with Crippen molar-refractivity contribution in [3.05, 3.63) is 23.8 Å². The van der Waals surface area contributed by atoms with Crippen molar-refractivity contribution in [1.29, 1.82) is 0 Å². The molecule has 0 aliphatic rings. The number of carbonyl (C=O) groups is 1. The van der Waals surface area contributed by atoms with Crippen molar-refractivity contribution in [3.63, 3.8) is 0 Å². The quantitative estimate of drug-likeness (QED) is 0.819. The van der Waals surface area contributed by atoms with Crippen LogP contribution in [0.4, 0.5) is 0 Å². The summed E-state index contributed by atoms with van der Waals surface area (Å²) in [5.74, 6) is 1.02. The number of benzene rings is 1. The maximum atomic E-state index is 12.0. The SMILES string of the molecule is CCOc1cc(C(=O)NC(C)COC)ccc1OC. The van der Waals surface area contributed by atoms with Gasteiger partial charge in [-0.15, -0.1) is 0 Å². The monoisotopic (exact) mass is 267 g/mol. The van der Waals surface area contributed by atoms with E-state index in [1.54, 1.807) is 32.4 Å². The van der Waals surface area contributed by atoms with Gasteiger partial charge in [-0.1, -0.05) is 0 Å². The summed E-state index contributed by atoms with van der Waals surface area (Å²) in [7, 11) is 3.17. The highest BCUT2D eigenvalue weighted by Gasteiger charge is 2.13.